The van der Waals surface area contributed by atoms with E-state index in [9.17, 15) is 9.59 Å². The number of thiazole rings is 1. The molecule has 0 unspecified atom stereocenters. The standard InChI is InChI=1S/C30H43N7O3S/c1-8-10-25(40-7)23(19-36(5)6)26-18-34-29(41-26)22(16-31)28(39)35-24-15-21(17-33-20(24)2)27(38)32-12-14-37-13-9-11-30(37,3)4/h10,15-19H,8-9,11-14,31H2,1-7H3,(H,32,38)(H,35,39)/b22-16-,23-19+,25-10-. The Bertz CT molecular complexity index is 1330. The number of hydrogen-bond acceptors (Lipinski definition) is 9. The van der Waals surface area contributed by atoms with Gasteiger partial charge in [-0.25, -0.2) is 4.98 Å². The van der Waals surface area contributed by atoms with Gasteiger partial charge in [-0.2, -0.15) is 0 Å². The van der Waals surface area contributed by atoms with Gasteiger partial charge in [0.15, 0.2) is 0 Å². The second-order valence-corrected chi connectivity index (χ2v) is 11.8. The maximum Gasteiger partial charge on any atom is 0.260 e. The van der Waals surface area contributed by atoms with Crippen LogP contribution < -0.4 is 16.4 Å². The summed E-state index contributed by atoms with van der Waals surface area (Å²) in [6.45, 7) is 10.6. The number of allylic oxidation sites excluding steroid dienone is 2. The number of hydrogen-bond donors (Lipinski definition) is 3. The molecule has 3 rings (SSSR count). The zero-order valence-corrected chi connectivity index (χ0v) is 26.0. The number of carbonyl (C=O) groups excluding carboxylic acids is 2. The summed E-state index contributed by atoms with van der Waals surface area (Å²) in [7, 11) is 5.49. The van der Waals surface area contributed by atoms with Gasteiger partial charge >= 0.3 is 0 Å². The average Bonchev–Trinajstić information content (AvgIpc) is 3.53. The molecule has 0 radical (unpaired) electrons. The number of aromatic nitrogens is 2. The van der Waals surface area contributed by atoms with Gasteiger partial charge in [0.05, 0.1) is 40.1 Å². The number of rotatable bonds is 12. The lowest BCUT2D eigenvalue weighted by molar-refractivity contribution is -0.111. The molecule has 2 aromatic rings. The number of aryl methyl sites for hydroxylation is 1. The van der Waals surface area contributed by atoms with Crippen molar-refractivity contribution in [3.8, 4) is 0 Å². The number of ether oxygens (including phenoxy) is 1. The van der Waals surface area contributed by atoms with Gasteiger partial charge in [-0.3, -0.25) is 19.5 Å². The number of nitrogens with one attached hydrogen (secondary N) is 2. The van der Waals surface area contributed by atoms with E-state index in [1.54, 1.807) is 26.3 Å². The highest BCUT2D eigenvalue weighted by Crippen LogP contribution is 2.32. The molecular weight excluding hydrogens is 538 g/mol. The predicted molar refractivity (Wildman–Crippen MR) is 166 cm³/mol. The van der Waals surface area contributed by atoms with Gasteiger partial charge in [-0.15, -0.1) is 11.3 Å². The van der Waals surface area contributed by atoms with Gasteiger partial charge in [0.2, 0.25) is 0 Å². The Labute approximate surface area is 247 Å². The van der Waals surface area contributed by atoms with E-state index in [1.807, 2.05) is 38.2 Å². The fourth-order valence-electron chi connectivity index (χ4n) is 4.72. The molecule has 0 spiro atoms. The van der Waals surface area contributed by atoms with Crippen molar-refractivity contribution in [3.05, 3.63) is 63.8 Å². The van der Waals surface area contributed by atoms with E-state index >= 15 is 0 Å². The van der Waals surface area contributed by atoms with Crippen LogP contribution in [0.5, 0.6) is 0 Å². The molecule has 2 amide bonds. The topological polar surface area (TPSA) is 126 Å². The number of likely N-dealkylation sites (tertiary alicyclic amines) is 1. The molecule has 0 bridgehead atoms. The second-order valence-electron chi connectivity index (χ2n) is 10.8. The fraction of sp³-hybridized carbons (Fsp3) is 0.467. The van der Waals surface area contributed by atoms with Gasteiger partial charge in [0.25, 0.3) is 11.8 Å². The zero-order chi connectivity index (χ0) is 30.2. The van der Waals surface area contributed by atoms with Crippen molar-refractivity contribution < 1.29 is 14.3 Å². The molecule has 0 aliphatic carbocycles. The van der Waals surface area contributed by atoms with Crippen LogP contribution in [0.1, 0.15) is 66.0 Å². The minimum Gasteiger partial charge on any atom is -0.496 e. The van der Waals surface area contributed by atoms with E-state index in [0.717, 1.165) is 42.1 Å². The molecule has 1 saturated heterocycles. The first-order valence-electron chi connectivity index (χ1n) is 13.8. The molecule has 0 aromatic carbocycles. The number of amides is 2. The lowest BCUT2D eigenvalue weighted by Crippen LogP contribution is -2.43. The van der Waals surface area contributed by atoms with Gasteiger partial charge in [0, 0.05) is 57.5 Å². The lowest BCUT2D eigenvalue weighted by atomic mass is 10.0. The summed E-state index contributed by atoms with van der Waals surface area (Å²) in [5.41, 5.74) is 8.51. The van der Waals surface area contributed by atoms with Crippen molar-refractivity contribution in [1.29, 1.82) is 0 Å². The highest BCUT2D eigenvalue weighted by molar-refractivity contribution is 7.14. The molecule has 10 nitrogen and oxygen atoms in total. The molecule has 0 atom stereocenters. The summed E-state index contributed by atoms with van der Waals surface area (Å²) >= 11 is 1.34. The molecule has 1 aliphatic heterocycles. The van der Waals surface area contributed by atoms with Gasteiger partial charge in [0.1, 0.15) is 10.8 Å². The molecule has 0 saturated carbocycles. The molecule has 4 N–H and O–H groups in total. The van der Waals surface area contributed by atoms with E-state index < -0.39 is 5.91 Å². The average molecular weight is 582 g/mol. The fourth-order valence-corrected chi connectivity index (χ4v) is 5.67. The summed E-state index contributed by atoms with van der Waals surface area (Å²) in [5, 5.41) is 6.30. The van der Waals surface area contributed by atoms with Crippen LogP contribution in [0, 0.1) is 6.92 Å². The summed E-state index contributed by atoms with van der Waals surface area (Å²) in [5.74, 6) is 0.0415. The number of nitrogens with two attached hydrogens (primary N) is 1. The first-order valence-corrected chi connectivity index (χ1v) is 14.6. The molecule has 1 aliphatic rings. The number of anilines is 1. The molecule has 11 heteroatoms. The van der Waals surface area contributed by atoms with Crippen LogP contribution in [-0.4, -0.2) is 78.0 Å². The highest BCUT2D eigenvalue weighted by atomic mass is 32.1. The maximum atomic E-state index is 13.3. The molecule has 3 heterocycles. The number of pyridine rings is 1. The van der Waals surface area contributed by atoms with Gasteiger partial charge in [-0.1, -0.05) is 6.92 Å². The third kappa shape index (κ3) is 8.17. The molecule has 2 aromatic heterocycles. The number of methoxy groups -OCH3 is 1. The van der Waals surface area contributed by atoms with Crippen LogP contribution in [-0.2, 0) is 9.53 Å². The lowest BCUT2D eigenvalue weighted by Gasteiger charge is -2.31. The van der Waals surface area contributed by atoms with Crippen molar-refractivity contribution >= 4 is 40.0 Å². The zero-order valence-electron chi connectivity index (χ0n) is 25.2. The van der Waals surface area contributed by atoms with Gasteiger partial charge < -0.3 is 26.0 Å². The van der Waals surface area contributed by atoms with E-state index in [4.69, 9.17) is 10.5 Å². The molecule has 222 valence electrons. The van der Waals surface area contributed by atoms with Crippen molar-refractivity contribution in [2.45, 2.75) is 52.5 Å². The normalized spacial score (nSPS) is 16.0. The minimum atomic E-state index is -0.443. The smallest absolute Gasteiger partial charge is 0.260 e. The van der Waals surface area contributed by atoms with Crippen molar-refractivity contribution in [1.82, 2.24) is 25.1 Å². The highest BCUT2D eigenvalue weighted by Gasteiger charge is 2.31. The Kier molecular flexibility index (Phi) is 11.1. The van der Waals surface area contributed by atoms with Crippen LogP contribution in [0.3, 0.4) is 0 Å². The largest absolute Gasteiger partial charge is 0.496 e. The maximum absolute atomic E-state index is 13.3. The number of nitrogens with zero attached hydrogens (tertiary/aromatic N) is 4. The third-order valence-electron chi connectivity index (χ3n) is 7.01. The van der Waals surface area contributed by atoms with E-state index in [1.165, 1.54) is 30.2 Å². The number of carbonyl (C=O) groups is 2. The Morgan fingerprint density at radius 2 is 2.00 bits per heavy atom. The van der Waals surface area contributed by atoms with E-state index in [2.05, 4.69) is 39.3 Å². The monoisotopic (exact) mass is 581 g/mol. The molecular formula is C30H43N7O3S. The van der Waals surface area contributed by atoms with Crippen molar-refractivity contribution in [2.24, 2.45) is 5.73 Å². The van der Waals surface area contributed by atoms with Crippen molar-refractivity contribution in [2.75, 3.05) is 46.2 Å². The van der Waals surface area contributed by atoms with E-state index in [-0.39, 0.29) is 17.0 Å². The Morgan fingerprint density at radius 1 is 1.24 bits per heavy atom. The second kappa shape index (κ2) is 14.3. The first-order chi connectivity index (χ1) is 19.5. The quantitative estimate of drug-likeness (QED) is 0.193. The summed E-state index contributed by atoms with van der Waals surface area (Å²) in [6.07, 6.45) is 11.5. The Hall–Kier alpha value is -3.70. The van der Waals surface area contributed by atoms with Crippen LogP contribution in [0.2, 0.25) is 0 Å². The van der Waals surface area contributed by atoms with Crippen LogP contribution in [0.4, 0.5) is 5.69 Å². The summed E-state index contributed by atoms with van der Waals surface area (Å²) in [4.78, 5) is 40.2. The predicted octanol–water partition coefficient (Wildman–Crippen LogP) is 4.23. The Balaban J connectivity index is 1.73. The van der Waals surface area contributed by atoms with Crippen LogP contribution >= 0.6 is 11.3 Å². The first kappa shape index (κ1) is 31.8. The van der Waals surface area contributed by atoms with Crippen LogP contribution in [0.15, 0.2) is 42.7 Å². The summed E-state index contributed by atoms with van der Waals surface area (Å²) < 4.78 is 5.62. The van der Waals surface area contributed by atoms with E-state index in [0.29, 0.717) is 28.5 Å². The molecule has 1 fully saturated rings. The SMILES string of the molecule is CC/C=C(OC)/C(=C\N(C)C)c1cnc(/C(=C\N)C(=O)Nc2cc(C(=O)NCCN3CCCC3(C)C)cnc2C)s1. The minimum absolute atomic E-state index is 0.155. The van der Waals surface area contributed by atoms with Gasteiger partial charge in [-0.05, 0) is 58.7 Å². The summed E-state index contributed by atoms with van der Waals surface area (Å²) in [6, 6.07) is 1.63. The van der Waals surface area contributed by atoms with Crippen molar-refractivity contribution in [3.63, 3.8) is 0 Å². The molecule has 41 heavy (non-hydrogen) atoms. The third-order valence-corrected chi connectivity index (χ3v) is 8.08. The van der Waals surface area contributed by atoms with Crippen LogP contribution in [0.25, 0.3) is 11.1 Å². The Morgan fingerprint density at radius 3 is 2.61 bits per heavy atom.